The quantitative estimate of drug-likeness (QED) is 0.335. The summed E-state index contributed by atoms with van der Waals surface area (Å²) in [5.41, 5.74) is 2.29. The molecule has 2 aromatic rings. The number of ether oxygens (including phenoxy) is 1. The van der Waals surface area contributed by atoms with Gasteiger partial charge in [-0.3, -0.25) is 4.89 Å². The van der Waals surface area contributed by atoms with E-state index in [1.165, 1.54) is 0 Å². The van der Waals surface area contributed by atoms with Gasteiger partial charge in [0.15, 0.2) is 0 Å². The Morgan fingerprint density at radius 2 is 1.47 bits per heavy atom. The summed E-state index contributed by atoms with van der Waals surface area (Å²) in [6.45, 7) is 6.39. The summed E-state index contributed by atoms with van der Waals surface area (Å²) in [7, 11) is 0. The standard InChI is InChI=1S/C24H28O6/c1-24(2,3)20-11-7-8-12-21(20)27-23(26)29-30-28-22(25)19-15-13-18(14-16-19)17-9-5-4-6-10-17/h4-6,9-10,13-16,20-21H,7-8,11-12H2,1-3H3. The van der Waals surface area contributed by atoms with E-state index in [0.717, 1.165) is 36.8 Å². The molecule has 0 aromatic heterocycles. The fourth-order valence-electron chi connectivity index (χ4n) is 3.93. The highest BCUT2D eigenvalue weighted by molar-refractivity contribution is 5.89. The van der Waals surface area contributed by atoms with Crippen LogP contribution in [0.25, 0.3) is 11.1 Å². The van der Waals surface area contributed by atoms with Gasteiger partial charge < -0.3 is 4.74 Å². The third-order valence-electron chi connectivity index (χ3n) is 5.50. The van der Waals surface area contributed by atoms with Gasteiger partial charge in [0.25, 0.3) is 0 Å². The molecule has 2 aromatic carbocycles. The van der Waals surface area contributed by atoms with Crippen molar-refractivity contribution in [3.8, 4) is 11.1 Å². The van der Waals surface area contributed by atoms with Crippen molar-refractivity contribution < 1.29 is 29.1 Å². The molecule has 0 amide bonds. The Kier molecular flexibility index (Phi) is 7.11. The van der Waals surface area contributed by atoms with Crippen LogP contribution >= 0.6 is 0 Å². The Labute approximate surface area is 176 Å². The van der Waals surface area contributed by atoms with E-state index in [0.29, 0.717) is 0 Å². The summed E-state index contributed by atoms with van der Waals surface area (Å²) in [6, 6.07) is 16.6. The molecule has 160 valence electrons. The topological polar surface area (TPSA) is 71.1 Å². The van der Waals surface area contributed by atoms with E-state index in [1.54, 1.807) is 24.3 Å². The van der Waals surface area contributed by atoms with Gasteiger partial charge in [0, 0.05) is 5.92 Å². The van der Waals surface area contributed by atoms with Crippen molar-refractivity contribution in [1.82, 2.24) is 0 Å². The number of carbonyl (C=O) groups is 2. The maximum atomic E-state index is 12.1. The molecule has 3 rings (SSSR count). The van der Waals surface area contributed by atoms with Gasteiger partial charge >= 0.3 is 12.1 Å². The highest BCUT2D eigenvalue weighted by Gasteiger charge is 2.37. The first-order valence-electron chi connectivity index (χ1n) is 10.3. The molecular formula is C24H28O6. The van der Waals surface area contributed by atoms with Gasteiger partial charge in [0.1, 0.15) is 6.10 Å². The summed E-state index contributed by atoms with van der Waals surface area (Å²) >= 11 is 0. The number of rotatable bonds is 5. The molecule has 6 heteroatoms. The maximum absolute atomic E-state index is 12.1. The number of hydrogen-bond acceptors (Lipinski definition) is 6. The van der Waals surface area contributed by atoms with Gasteiger partial charge in [-0.25, -0.2) is 14.5 Å². The van der Waals surface area contributed by atoms with E-state index in [9.17, 15) is 9.59 Å². The Hall–Kier alpha value is -2.86. The van der Waals surface area contributed by atoms with Crippen LogP contribution in [0.1, 0.15) is 56.8 Å². The largest absolute Gasteiger partial charge is 0.543 e. The molecule has 1 aliphatic rings. The van der Waals surface area contributed by atoms with Gasteiger partial charge in [-0.1, -0.05) is 69.7 Å². The van der Waals surface area contributed by atoms with E-state index >= 15 is 0 Å². The smallest absolute Gasteiger partial charge is 0.429 e. The van der Waals surface area contributed by atoms with Gasteiger partial charge in [0.2, 0.25) is 0 Å². The van der Waals surface area contributed by atoms with Crippen molar-refractivity contribution in [2.75, 3.05) is 0 Å². The zero-order valence-corrected chi connectivity index (χ0v) is 17.6. The SMILES string of the molecule is CC(C)(C)C1CCCCC1OC(=O)OOOC(=O)c1ccc(-c2ccccc2)cc1. The highest BCUT2D eigenvalue weighted by Crippen LogP contribution is 2.39. The first kappa shape index (κ1) is 21.8. The number of hydrogen-bond donors (Lipinski definition) is 0. The molecule has 0 bridgehead atoms. The van der Waals surface area contributed by atoms with Crippen LogP contribution in [0.3, 0.4) is 0 Å². The second kappa shape index (κ2) is 9.76. The molecule has 0 heterocycles. The van der Waals surface area contributed by atoms with E-state index in [1.807, 2.05) is 30.3 Å². The van der Waals surface area contributed by atoms with E-state index in [-0.39, 0.29) is 23.0 Å². The molecule has 0 aliphatic heterocycles. The van der Waals surface area contributed by atoms with E-state index < -0.39 is 12.1 Å². The fraction of sp³-hybridized carbons (Fsp3) is 0.417. The minimum absolute atomic E-state index is 0.0185. The minimum Gasteiger partial charge on any atom is -0.429 e. The first-order valence-corrected chi connectivity index (χ1v) is 10.3. The minimum atomic E-state index is -1.01. The molecule has 6 nitrogen and oxygen atoms in total. The Morgan fingerprint density at radius 1 is 0.833 bits per heavy atom. The van der Waals surface area contributed by atoms with Crippen molar-refractivity contribution in [3.05, 3.63) is 60.2 Å². The van der Waals surface area contributed by atoms with Gasteiger partial charge in [-0.05, 0) is 47.9 Å². The zero-order chi connectivity index (χ0) is 21.6. The van der Waals surface area contributed by atoms with E-state index in [4.69, 9.17) is 4.74 Å². The lowest BCUT2D eigenvalue weighted by Crippen LogP contribution is -2.38. The van der Waals surface area contributed by atoms with Crippen LogP contribution < -0.4 is 0 Å². The summed E-state index contributed by atoms with van der Waals surface area (Å²) in [6.07, 6.45) is 2.65. The Bertz CT molecular complexity index is 838. The van der Waals surface area contributed by atoms with Crippen LogP contribution in [-0.4, -0.2) is 18.2 Å². The fourth-order valence-corrected chi connectivity index (χ4v) is 3.93. The zero-order valence-electron chi connectivity index (χ0n) is 17.6. The van der Waals surface area contributed by atoms with Crippen LogP contribution in [0.15, 0.2) is 54.6 Å². The summed E-state index contributed by atoms with van der Waals surface area (Å²) in [5.74, 6) is -0.530. The molecule has 1 saturated carbocycles. The van der Waals surface area contributed by atoms with Crippen LogP contribution in [0.2, 0.25) is 0 Å². The molecule has 2 unspecified atom stereocenters. The van der Waals surface area contributed by atoms with Gasteiger partial charge in [0.05, 0.1) is 10.6 Å². The van der Waals surface area contributed by atoms with Crippen LogP contribution in [0.5, 0.6) is 0 Å². The Morgan fingerprint density at radius 3 is 2.13 bits per heavy atom. The molecule has 0 spiro atoms. The average Bonchev–Trinajstić information content (AvgIpc) is 2.74. The lowest BCUT2D eigenvalue weighted by atomic mass is 9.71. The van der Waals surface area contributed by atoms with Crippen LogP contribution in [0.4, 0.5) is 4.79 Å². The van der Waals surface area contributed by atoms with Crippen molar-refractivity contribution in [2.24, 2.45) is 11.3 Å². The van der Waals surface area contributed by atoms with Crippen LogP contribution in [0, 0.1) is 11.3 Å². The first-order chi connectivity index (χ1) is 14.3. The second-order valence-corrected chi connectivity index (χ2v) is 8.63. The van der Waals surface area contributed by atoms with E-state index in [2.05, 4.69) is 35.6 Å². The molecule has 0 N–H and O–H groups in total. The van der Waals surface area contributed by atoms with Crippen molar-refractivity contribution >= 4 is 12.1 Å². The van der Waals surface area contributed by atoms with Crippen LogP contribution in [-0.2, 0) is 19.6 Å². The molecule has 30 heavy (non-hydrogen) atoms. The lowest BCUT2D eigenvalue weighted by molar-refractivity contribution is -0.453. The van der Waals surface area contributed by atoms with Crippen molar-refractivity contribution in [2.45, 2.75) is 52.6 Å². The Balaban J connectivity index is 1.46. The third kappa shape index (κ3) is 5.83. The van der Waals surface area contributed by atoms with Crippen molar-refractivity contribution in [1.29, 1.82) is 0 Å². The lowest BCUT2D eigenvalue weighted by Gasteiger charge is -2.39. The molecule has 2 atom stereocenters. The summed E-state index contributed by atoms with van der Waals surface area (Å²) in [5, 5.41) is 4.36. The second-order valence-electron chi connectivity index (χ2n) is 8.63. The predicted molar refractivity (Wildman–Crippen MR) is 111 cm³/mol. The number of carbonyl (C=O) groups excluding carboxylic acids is 2. The summed E-state index contributed by atoms with van der Waals surface area (Å²) in [4.78, 5) is 33.1. The summed E-state index contributed by atoms with van der Waals surface area (Å²) < 4.78 is 5.41. The molecule has 1 fully saturated rings. The molecular weight excluding hydrogens is 384 g/mol. The maximum Gasteiger partial charge on any atom is 0.543 e. The monoisotopic (exact) mass is 412 g/mol. The van der Waals surface area contributed by atoms with Crippen molar-refractivity contribution in [3.63, 3.8) is 0 Å². The average molecular weight is 412 g/mol. The highest BCUT2D eigenvalue weighted by atomic mass is 17.5. The third-order valence-corrected chi connectivity index (χ3v) is 5.50. The number of benzene rings is 2. The molecule has 0 radical (unpaired) electrons. The molecule has 1 aliphatic carbocycles. The molecule has 0 saturated heterocycles. The van der Waals surface area contributed by atoms with Gasteiger partial charge in [-0.15, -0.1) is 0 Å². The predicted octanol–water partition coefficient (Wildman–Crippen LogP) is 6.12. The van der Waals surface area contributed by atoms with Gasteiger partial charge in [-0.2, -0.15) is 0 Å². The normalized spacial score (nSPS) is 19.0.